The highest BCUT2D eigenvalue weighted by Gasteiger charge is 2.44. The van der Waals surface area contributed by atoms with E-state index in [2.05, 4.69) is 45.4 Å². The third kappa shape index (κ3) is 3.21. The summed E-state index contributed by atoms with van der Waals surface area (Å²) in [7, 11) is 0. The average molecular weight is 327 g/mol. The summed E-state index contributed by atoms with van der Waals surface area (Å²) >= 11 is 0. The van der Waals surface area contributed by atoms with E-state index < -0.39 is 12.2 Å². The van der Waals surface area contributed by atoms with Gasteiger partial charge < -0.3 is 14.8 Å². The first-order valence-electron chi connectivity index (χ1n) is 7.56. The molecule has 8 heteroatoms. The molecule has 3 rings (SSSR count). The Hall–Kier alpha value is -1.96. The molecule has 0 saturated carbocycles. The average Bonchev–Trinajstić information content (AvgIpc) is 2.96. The van der Waals surface area contributed by atoms with Gasteiger partial charge in [0.1, 0.15) is 5.69 Å². The van der Waals surface area contributed by atoms with Crippen LogP contribution in [-0.4, -0.2) is 47.3 Å². The van der Waals surface area contributed by atoms with Gasteiger partial charge in [-0.25, -0.2) is 4.98 Å². The lowest BCUT2D eigenvalue weighted by Crippen LogP contribution is -2.40. The Morgan fingerprint density at radius 1 is 1.39 bits per heavy atom. The Balaban J connectivity index is 1.68. The van der Waals surface area contributed by atoms with Gasteiger partial charge in [0.05, 0.1) is 6.20 Å². The predicted octanol–water partition coefficient (Wildman–Crippen LogP) is 1.86. The van der Waals surface area contributed by atoms with E-state index in [-0.39, 0.29) is 23.2 Å². The molecule has 23 heavy (non-hydrogen) atoms. The molecule has 0 spiro atoms. The third-order valence-electron chi connectivity index (χ3n) is 4.21. The Morgan fingerprint density at radius 3 is 2.74 bits per heavy atom. The highest BCUT2D eigenvalue weighted by atomic mass is 19.3. The summed E-state index contributed by atoms with van der Waals surface area (Å²) in [6.45, 7) is 7.95. The molecule has 126 valence electrons. The molecule has 2 aliphatic heterocycles. The number of nitrogens with zero attached hydrogens (tertiary/aromatic N) is 2. The lowest BCUT2D eigenvalue weighted by atomic mass is 10.1. The van der Waals surface area contributed by atoms with Gasteiger partial charge in [-0.2, -0.15) is 0 Å². The number of hydrogen-bond acceptors (Lipinski definition) is 5. The van der Waals surface area contributed by atoms with E-state index in [9.17, 15) is 13.6 Å². The summed E-state index contributed by atoms with van der Waals surface area (Å²) in [5.74, 6) is -0.459. The smallest absolute Gasteiger partial charge is 0.395 e. The minimum absolute atomic E-state index is 0.00133. The number of ether oxygens (including phenoxy) is 2. The SMILES string of the molecule is CC(C)N1C[C@H](C)[C@H](NC(=O)c2cc3c(cn2)OC(F)(F)O3)C1. The lowest BCUT2D eigenvalue weighted by molar-refractivity contribution is -0.286. The molecule has 0 radical (unpaired) electrons. The van der Waals surface area contributed by atoms with Crippen LogP contribution in [0.3, 0.4) is 0 Å². The maximum Gasteiger partial charge on any atom is 0.586 e. The molecule has 0 aromatic carbocycles. The van der Waals surface area contributed by atoms with Crippen LogP contribution in [0.1, 0.15) is 31.3 Å². The molecule has 1 aromatic rings. The summed E-state index contributed by atoms with van der Waals surface area (Å²) < 4.78 is 34.6. The molecule has 0 unspecified atom stereocenters. The topological polar surface area (TPSA) is 63.7 Å². The standard InChI is InChI=1S/C15H19F2N3O3/c1-8(2)20-6-9(3)11(7-20)19-14(21)10-4-12-13(5-18-10)23-15(16,17)22-12/h4-5,8-9,11H,6-7H2,1-3H3,(H,19,21)/t9-,11+/m0/s1. The van der Waals surface area contributed by atoms with E-state index >= 15 is 0 Å². The summed E-state index contributed by atoms with van der Waals surface area (Å²) in [6, 6.07) is 1.58. The zero-order chi connectivity index (χ0) is 16.8. The number of pyridine rings is 1. The number of amides is 1. The van der Waals surface area contributed by atoms with Crippen LogP contribution in [-0.2, 0) is 0 Å². The minimum Gasteiger partial charge on any atom is -0.395 e. The number of hydrogen-bond donors (Lipinski definition) is 1. The second-order valence-electron chi connectivity index (χ2n) is 6.29. The molecule has 1 amide bonds. The van der Waals surface area contributed by atoms with Crippen molar-refractivity contribution in [2.75, 3.05) is 13.1 Å². The van der Waals surface area contributed by atoms with Crippen molar-refractivity contribution in [1.29, 1.82) is 0 Å². The monoisotopic (exact) mass is 327 g/mol. The number of carbonyl (C=O) groups excluding carboxylic acids is 1. The maximum absolute atomic E-state index is 13.0. The van der Waals surface area contributed by atoms with Gasteiger partial charge in [-0.3, -0.25) is 9.69 Å². The first-order valence-corrected chi connectivity index (χ1v) is 7.56. The molecule has 1 N–H and O–H groups in total. The molecule has 1 fully saturated rings. The van der Waals surface area contributed by atoms with E-state index in [1.54, 1.807) is 0 Å². The molecule has 2 aliphatic rings. The van der Waals surface area contributed by atoms with Crippen LogP contribution in [0.25, 0.3) is 0 Å². The molecule has 6 nitrogen and oxygen atoms in total. The van der Waals surface area contributed by atoms with E-state index in [4.69, 9.17) is 0 Å². The molecule has 3 heterocycles. The van der Waals surface area contributed by atoms with Crippen LogP contribution in [0.5, 0.6) is 11.5 Å². The van der Waals surface area contributed by atoms with Crippen LogP contribution in [0.15, 0.2) is 12.3 Å². The second kappa shape index (κ2) is 5.59. The summed E-state index contributed by atoms with van der Waals surface area (Å²) in [5.41, 5.74) is 0.0280. The van der Waals surface area contributed by atoms with Gasteiger partial charge in [-0.15, -0.1) is 8.78 Å². The van der Waals surface area contributed by atoms with E-state index in [1.165, 1.54) is 6.07 Å². The fourth-order valence-electron chi connectivity index (χ4n) is 2.84. The van der Waals surface area contributed by atoms with Crippen molar-refractivity contribution in [1.82, 2.24) is 15.2 Å². The van der Waals surface area contributed by atoms with Crippen molar-refractivity contribution in [3.05, 3.63) is 18.0 Å². The molecule has 0 aliphatic carbocycles. The first-order chi connectivity index (χ1) is 10.7. The van der Waals surface area contributed by atoms with Crippen LogP contribution in [0.2, 0.25) is 0 Å². The zero-order valence-corrected chi connectivity index (χ0v) is 13.2. The van der Waals surface area contributed by atoms with E-state index in [0.717, 1.165) is 19.3 Å². The van der Waals surface area contributed by atoms with Gasteiger partial charge in [0.15, 0.2) is 11.5 Å². The Bertz CT molecular complexity index is 624. The number of nitrogens with one attached hydrogen (secondary N) is 1. The van der Waals surface area contributed by atoms with Gasteiger partial charge in [-0.1, -0.05) is 6.92 Å². The lowest BCUT2D eigenvalue weighted by Gasteiger charge is -2.20. The van der Waals surface area contributed by atoms with Crippen molar-refractivity contribution in [3.63, 3.8) is 0 Å². The number of rotatable bonds is 3. The molecule has 2 atom stereocenters. The fourth-order valence-corrected chi connectivity index (χ4v) is 2.84. The Kier molecular flexibility index (Phi) is 3.87. The van der Waals surface area contributed by atoms with Crippen LogP contribution < -0.4 is 14.8 Å². The van der Waals surface area contributed by atoms with Crippen molar-refractivity contribution in [2.24, 2.45) is 5.92 Å². The fraction of sp³-hybridized carbons (Fsp3) is 0.600. The maximum atomic E-state index is 13.0. The predicted molar refractivity (Wildman–Crippen MR) is 77.6 cm³/mol. The summed E-state index contributed by atoms with van der Waals surface area (Å²) in [4.78, 5) is 18.5. The van der Waals surface area contributed by atoms with Crippen LogP contribution in [0, 0.1) is 5.92 Å². The molecule has 1 aromatic heterocycles. The number of halogens is 2. The Labute approximate surface area is 132 Å². The molecular weight excluding hydrogens is 308 g/mol. The first kappa shape index (κ1) is 15.9. The Morgan fingerprint density at radius 2 is 2.09 bits per heavy atom. The molecule has 1 saturated heterocycles. The van der Waals surface area contributed by atoms with E-state index in [1.807, 2.05) is 0 Å². The largest absolute Gasteiger partial charge is 0.586 e. The number of likely N-dealkylation sites (tertiary alicyclic amines) is 1. The number of carbonyl (C=O) groups is 1. The van der Waals surface area contributed by atoms with Gasteiger partial charge in [0.25, 0.3) is 5.91 Å². The van der Waals surface area contributed by atoms with Gasteiger partial charge in [-0.05, 0) is 19.8 Å². The zero-order valence-electron chi connectivity index (χ0n) is 13.2. The van der Waals surface area contributed by atoms with Gasteiger partial charge in [0, 0.05) is 31.2 Å². The van der Waals surface area contributed by atoms with Crippen molar-refractivity contribution >= 4 is 5.91 Å². The number of alkyl halides is 2. The molecule has 0 bridgehead atoms. The van der Waals surface area contributed by atoms with Crippen molar-refractivity contribution in [3.8, 4) is 11.5 Å². The van der Waals surface area contributed by atoms with Gasteiger partial charge in [0.2, 0.25) is 0 Å². The number of fused-ring (bicyclic) bond motifs is 1. The van der Waals surface area contributed by atoms with Gasteiger partial charge >= 0.3 is 6.29 Å². The van der Waals surface area contributed by atoms with Crippen LogP contribution >= 0.6 is 0 Å². The van der Waals surface area contributed by atoms with Crippen molar-refractivity contribution in [2.45, 2.75) is 39.1 Å². The summed E-state index contributed by atoms with van der Waals surface area (Å²) in [5, 5.41) is 2.91. The molecular formula is C15H19F2N3O3. The quantitative estimate of drug-likeness (QED) is 0.918. The van der Waals surface area contributed by atoms with E-state index in [0.29, 0.717) is 12.0 Å². The highest BCUT2D eigenvalue weighted by molar-refractivity contribution is 5.93. The number of aromatic nitrogens is 1. The van der Waals surface area contributed by atoms with Crippen LogP contribution in [0.4, 0.5) is 8.78 Å². The third-order valence-corrected chi connectivity index (χ3v) is 4.21. The van der Waals surface area contributed by atoms with Crippen molar-refractivity contribution < 1.29 is 23.0 Å². The highest BCUT2D eigenvalue weighted by Crippen LogP contribution is 2.40. The minimum atomic E-state index is -3.71. The summed E-state index contributed by atoms with van der Waals surface area (Å²) in [6.07, 6.45) is -2.64. The second-order valence-corrected chi connectivity index (χ2v) is 6.29. The normalized spacial score (nSPS) is 25.8.